The van der Waals surface area contributed by atoms with Crippen LogP contribution >= 0.6 is 136 Å². The van der Waals surface area contributed by atoms with Crippen LogP contribution in [0.25, 0.3) is 78.0 Å². The predicted molar refractivity (Wildman–Crippen MR) is 295 cm³/mol. The SMILES string of the molecule is c1csc(-c2ccc(-c3ccc(C4C(c5ccc(-c6ccc(-c7cccs7)s6)s5)C(c5ccc(-c6ccc(-c7cccs7)s6)s5)C4c4ccc(-c5ccc(-c6cccs6)s5)s4)s3)s2)c1. The van der Waals surface area contributed by atoms with Gasteiger partial charge in [-0.05, 0) is 143 Å². The molecule has 12 heteroatoms. The average molecular weight is 1040 g/mol. The van der Waals surface area contributed by atoms with Crippen LogP contribution in [0, 0.1) is 0 Å². The Bertz CT molecular complexity index is 2960. The van der Waals surface area contributed by atoms with Crippen LogP contribution in [0.15, 0.2) is 167 Å². The molecule has 0 unspecified atom stereocenters. The van der Waals surface area contributed by atoms with E-state index in [1.807, 2.05) is 136 Å². The molecule has 312 valence electrons. The molecule has 64 heavy (non-hydrogen) atoms. The highest BCUT2D eigenvalue weighted by Crippen LogP contribution is 2.70. The largest absolute Gasteiger partial charge is 0.143 e. The minimum Gasteiger partial charge on any atom is -0.143 e. The highest BCUT2D eigenvalue weighted by atomic mass is 32.1. The summed E-state index contributed by atoms with van der Waals surface area (Å²) in [6, 6.07) is 55.7. The maximum absolute atomic E-state index is 2.48. The van der Waals surface area contributed by atoms with Crippen molar-refractivity contribution >= 4 is 136 Å². The molecule has 1 aliphatic rings. The second kappa shape index (κ2) is 17.2. The van der Waals surface area contributed by atoms with Crippen molar-refractivity contribution in [1.82, 2.24) is 0 Å². The summed E-state index contributed by atoms with van der Waals surface area (Å²) in [5.74, 6) is 1.41. The third-order valence-corrected chi connectivity index (χ3v) is 26.0. The zero-order chi connectivity index (χ0) is 42.1. The topological polar surface area (TPSA) is 0 Å². The van der Waals surface area contributed by atoms with E-state index in [2.05, 4.69) is 167 Å². The molecule has 0 nitrogen and oxygen atoms in total. The highest BCUT2D eigenvalue weighted by molar-refractivity contribution is 7.28. The zero-order valence-electron chi connectivity index (χ0n) is 33.4. The first-order chi connectivity index (χ1) is 31.7. The van der Waals surface area contributed by atoms with Gasteiger partial charge in [0.15, 0.2) is 0 Å². The second-order valence-electron chi connectivity index (χ2n) is 15.5. The molecule has 0 N–H and O–H groups in total. The zero-order valence-corrected chi connectivity index (χ0v) is 43.2. The third kappa shape index (κ3) is 7.48. The third-order valence-electron chi connectivity index (χ3n) is 11.8. The molecule has 0 bridgehead atoms. The summed E-state index contributed by atoms with van der Waals surface area (Å²) in [5.41, 5.74) is 0. The van der Waals surface area contributed by atoms with Crippen molar-refractivity contribution in [1.29, 1.82) is 0 Å². The van der Waals surface area contributed by atoms with E-state index >= 15 is 0 Å². The molecule has 1 fully saturated rings. The summed E-state index contributed by atoms with van der Waals surface area (Å²) in [7, 11) is 0. The fourth-order valence-corrected chi connectivity index (χ4v) is 21.4. The van der Waals surface area contributed by atoms with E-state index in [4.69, 9.17) is 0 Å². The number of rotatable bonds is 12. The normalized spacial score (nSPS) is 17.4. The van der Waals surface area contributed by atoms with E-state index in [1.54, 1.807) is 0 Å². The molecule has 12 aromatic heterocycles. The Balaban J connectivity index is 0.919. The van der Waals surface area contributed by atoms with Gasteiger partial charge in [-0.2, -0.15) is 0 Å². The van der Waals surface area contributed by atoms with Gasteiger partial charge in [-0.25, -0.2) is 0 Å². The Morgan fingerprint density at radius 2 is 0.375 bits per heavy atom. The second-order valence-corrected chi connectivity index (χ2v) is 28.1. The summed E-state index contributed by atoms with van der Waals surface area (Å²) >= 11 is 23.1. The summed E-state index contributed by atoms with van der Waals surface area (Å²) in [6.07, 6.45) is 0. The van der Waals surface area contributed by atoms with Crippen molar-refractivity contribution < 1.29 is 0 Å². The Morgan fingerprint density at radius 3 is 0.578 bits per heavy atom. The van der Waals surface area contributed by atoms with Gasteiger partial charge in [0.05, 0.1) is 0 Å². The Morgan fingerprint density at radius 1 is 0.188 bits per heavy atom. The molecular formula is C52H32S12. The van der Waals surface area contributed by atoms with E-state index < -0.39 is 0 Å². The first-order valence-corrected chi connectivity index (χ1v) is 30.7. The van der Waals surface area contributed by atoms with E-state index in [9.17, 15) is 0 Å². The molecule has 0 atom stereocenters. The van der Waals surface area contributed by atoms with Gasteiger partial charge in [0.1, 0.15) is 0 Å². The van der Waals surface area contributed by atoms with Crippen LogP contribution in [-0.4, -0.2) is 0 Å². The minimum absolute atomic E-state index is 0.353. The van der Waals surface area contributed by atoms with Crippen LogP contribution < -0.4 is 0 Å². The van der Waals surface area contributed by atoms with Gasteiger partial charge in [0, 0.05) is 121 Å². The summed E-state index contributed by atoms with van der Waals surface area (Å²) in [5, 5.41) is 8.72. The van der Waals surface area contributed by atoms with Crippen LogP contribution in [0.2, 0.25) is 0 Å². The molecule has 1 aliphatic carbocycles. The van der Waals surface area contributed by atoms with Crippen molar-refractivity contribution in [2.75, 3.05) is 0 Å². The average Bonchev–Trinajstić information content (AvgIpc) is 4.14. The van der Waals surface area contributed by atoms with E-state index in [1.165, 1.54) is 97.5 Å². The molecule has 12 aromatic rings. The van der Waals surface area contributed by atoms with Crippen LogP contribution in [0.3, 0.4) is 0 Å². The lowest BCUT2D eigenvalue weighted by molar-refractivity contribution is 0.243. The smallest absolute Gasteiger partial charge is 0.0449 e. The lowest BCUT2D eigenvalue weighted by atomic mass is 9.54. The van der Waals surface area contributed by atoms with Gasteiger partial charge < -0.3 is 0 Å². The summed E-state index contributed by atoms with van der Waals surface area (Å²) < 4.78 is 0. The predicted octanol–water partition coefficient (Wildman–Crippen LogP) is 21.2. The van der Waals surface area contributed by atoms with Crippen molar-refractivity contribution in [3.63, 3.8) is 0 Å². The number of hydrogen-bond donors (Lipinski definition) is 0. The maximum atomic E-state index is 2.48. The van der Waals surface area contributed by atoms with Gasteiger partial charge in [-0.3, -0.25) is 0 Å². The molecule has 0 radical (unpaired) electrons. The van der Waals surface area contributed by atoms with Gasteiger partial charge in [0.25, 0.3) is 0 Å². The Kier molecular flexibility index (Phi) is 11.0. The van der Waals surface area contributed by atoms with Crippen molar-refractivity contribution in [3.05, 3.63) is 187 Å². The molecule has 0 aromatic carbocycles. The maximum Gasteiger partial charge on any atom is 0.0449 e. The number of hydrogen-bond acceptors (Lipinski definition) is 12. The molecule has 0 spiro atoms. The first kappa shape index (κ1) is 40.7. The quantitative estimate of drug-likeness (QED) is 0.114. The summed E-state index contributed by atoms with van der Waals surface area (Å²) in [4.78, 5) is 27.7. The molecule has 1 saturated carbocycles. The minimum atomic E-state index is 0.353. The molecular weight excluding hydrogens is 1010 g/mol. The van der Waals surface area contributed by atoms with Crippen molar-refractivity contribution in [3.8, 4) is 78.0 Å². The highest BCUT2D eigenvalue weighted by Gasteiger charge is 2.55. The van der Waals surface area contributed by atoms with Gasteiger partial charge in [-0.15, -0.1) is 136 Å². The summed E-state index contributed by atoms with van der Waals surface area (Å²) in [6.45, 7) is 0. The standard InChI is InChI=1S/C52H32S12/c1-5-29(53-25-1)33-9-13-37(57-33)41-17-21-45(61-41)49-50(46-22-18-42(62-46)38-14-10-34(58-38)30-6-2-26-54-30)52(48-24-20-44(64-48)40-16-12-36(60-40)32-8-4-28-56-32)51(49)47-23-19-43(63-47)39-15-11-35(59-39)31-7-3-27-55-31/h1-28,49-52H. The van der Waals surface area contributed by atoms with Crippen molar-refractivity contribution in [2.45, 2.75) is 23.7 Å². The van der Waals surface area contributed by atoms with E-state index in [-0.39, 0.29) is 0 Å². The van der Waals surface area contributed by atoms with Crippen molar-refractivity contribution in [2.24, 2.45) is 0 Å². The lowest BCUT2D eigenvalue weighted by Crippen LogP contribution is -2.38. The van der Waals surface area contributed by atoms with Crippen LogP contribution in [0.5, 0.6) is 0 Å². The van der Waals surface area contributed by atoms with Gasteiger partial charge >= 0.3 is 0 Å². The van der Waals surface area contributed by atoms with E-state index in [0.717, 1.165) is 0 Å². The Labute approximate surface area is 419 Å². The van der Waals surface area contributed by atoms with Crippen LogP contribution in [0.1, 0.15) is 43.2 Å². The molecule has 0 saturated heterocycles. The number of thiophene rings is 12. The molecule has 0 amide bonds. The van der Waals surface area contributed by atoms with Crippen LogP contribution in [0.4, 0.5) is 0 Å². The molecule has 0 aliphatic heterocycles. The lowest BCUT2D eigenvalue weighted by Gasteiger charge is -2.51. The fraction of sp³-hybridized carbons (Fsp3) is 0.0769. The van der Waals surface area contributed by atoms with E-state index in [0.29, 0.717) is 23.7 Å². The fourth-order valence-electron chi connectivity index (χ4n) is 8.91. The van der Waals surface area contributed by atoms with Gasteiger partial charge in [0.2, 0.25) is 0 Å². The Hall–Kier alpha value is -3.60. The molecule has 13 rings (SSSR count). The molecule has 12 heterocycles. The van der Waals surface area contributed by atoms with Crippen LogP contribution in [-0.2, 0) is 0 Å². The first-order valence-electron chi connectivity index (χ1n) is 20.6. The van der Waals surface area contributed by atoms with Gasteiger partial charge in [-0.1, -0.05) is 24.3 Å². The monoisotopic (exact) mass is 1040 g/mol.